The Hall–Kier alpha value is -3.55. The van der Waals surface area contributed by atoms with E-state index in [0.29, 0.717) is 11.1 Å². The second-order valence-corrected chi connectivity index (χ2v) is 6.21. The predicted octanol–water partition coefficient (Wildman–Crippen LogP) is 1.90. The molecule has 3 aromatic rings. The Bertz CT molecular complexity index is 1150. The molecule has 8 heteroatoms. The van der Waals surface area contributed by atoms with Gasteiger partial charge >= 0.3 is 11.1 Å². The second kappa shape index (κ2) is 7.99. The van der Waals surface area contributed by atoms with Crippen molar-refractivity contribution in [1.29, 1.82) is 0 Å². The fourth-order valence-corrected chi connectivity index (χ4v) is 2.71. The van der Waals surface area contributed by atoms with Gasteiger partial charge in [0.1, 0.15) is 18.2 Å². The monoisotopic (exact) mass is 385 g/mol. The van der Waals surface area contributed by atoms with Gasteiger partial charge in [0, 0.05) is 24.5 Å². The lowest BCUT2D eigenvalue weighted by Crippen LogP contribution is -2.42. The van der Waals surface area contributed by atoms with E-state index in [0.717, 1.165) is 15.2 Å². The SMILES string of the molecule is Cc1ccc(F)cc1-n1ccn(CC(=O)NCc2ccccc2F)c(=O)c1=O. The standard InChI is InChI=1S/C20H17F2N3O3/c1-13-6-7-15(21)10-17(13)25-9-8-24(19(27)20(25)28)12-18(26)23-11-14-4-2-3-5-16(14)22/h2-10H,11-12H2,1H3,(H,23,26). The second-order valence-electron chi connectivity index (χ2n) is 6.21. The Morgan fingerprint density at radius 3 is 2.54 bits per heavy atom. The van der Waals surface area contributed by atoms with E-state index in [4.69, 9.17) is 0 Å². The molecule has 0 spiro atoms. The molecular weight excluding hydrogens is 368 g/mol. The van der Waals surface area contributed by atoms with Gasteiger partial charge in [0.2, 0.25) is 5.91 Å². The van der Waals surface area contributed by atoms with Crippen LogP contribution >= 0.6 is 0 Å². The van der Waals surface area contributed by atoms with Gasteiger partial charge in [0.05, 0.1) is 5.69 Å². The number of halogens is 2. The zero-order chi connectivity index (χ0) is 20.3. The number of hydrogen-bond acceptors (Lipinski definition) is 3. The Balaban J connectivity index is 1.79. The van der Waals surface area contributed by atoms with Gasteiger partial charge in [-0.25, -0.2) is 8.78 Å². The fraction of sp³-hybridized carbons (Fsp3) is 0.150. The van der Waals surface area contributed by atoms with Gasteiger partial charge in [-0.15, -0.1) is 0 Å². The summed E-state index contributed by atoms with van der Waals surface area (Å²) < 4.78 is 29.0. The fourth-order valence-electron chi connectivity index (χ4n) is 2.71. The number of nitrogens with one attached hydrogen (secondary N) is 1. The number of aromatic nitrogens is 2. The summed E-state index contributed by atoms with van der Waals surface area (Å²) in [5.41, 5.74) is -0.660. The van der Waals surface area contributed by atoms with Crippen molar-refractivity contribution in [2.24, 2.45) is 0 Å². The number of nitrogens with zero attached hydrogens (tertiary/aromatic N) is 2. The summed E-state index contributed by atoms with van der Waals surface area (Å²) in [6.45, 7) is 1.24. The molecular formula is C20H17F2N3O3. The first-order valence-corrected chi connectivity index (χ1v) is 8.45. The quantitative estimate of drug-likeness (QED) is 0.682. The zero-order valence-corrected chi connectivity index (χ0v) is 15.0. The Morgan fingerprint density at radius 1 is 1.04 bits per heavy atom. The first-order chi connectivity index (χ1) is 13.4. The molecule has 0 aliphatic heterocycles. The highest BCUT2D eigenvalue weighted by Crippen LogP contribution is 2.13. The van der Waals surface area contributed by atoms with E-state index < -0.39 is 35.2 Å². The van der Waals surface area contributed by atoms with Crippen LogP contribution < -0.4 is 16.4 Å². The number of rotatable bonds is 5. The third kappa shape index (κ3) is 4.06. The van der Waals surface area contributed by atoms with Gasteiger partial charge in [0.15, 0.2) is 0 Å². The molecule has 0 saturated heterocycles. The summed E-state index contributed by atoms with van der Waals surface area (Å²) >= 11 is 0. The molecule has 0 aliphatic carbocycles. The van der Waals surface area contributed by atoms with Crippen LogP contribution in [0.4, 0.5) is 8.78 Å². The van der Waals surface area contributed by atoms with Crippen molar-refractivity contribution in [3.05, 3.63) is 98.3 Å². The van der Waals surface area contributed by atoms with E-state index in [1.54, 1.807) is 13.0 Å². The highest BCUT2D eigenvalue weighted by atomic mass is 19.1. The van der Waals surface area contributed by atoms with Crippen LogP contribution in [0.25, 0.3) is 5.69 Å². The molecule has 28 heavy (non-hydrogen) atoms. The molecule has 0 radical (unpaired) electrons. The van der Waals surface area contributed by atoms with E-state index in [1.165, 1.54) is 42.7 Å². The summed E-state index contributed by atoms with van der Waals surface area (Å²) in [5, 5.41) is 2.50. The number of amides is 1. The Labute approximate surface area is 158 Å². The molecule has 1 amide bonds. The Morgan fingerprint density at radius 2 is 1.79 bits per heavy atom. The number of benzene rings is 2. The molecule has 0 atom stereocenters. The first-order valence-electron chi connectivity index (χ1n) is 8.45. The van der Waals surface area contributed by atoms with Gasteiger partial charge in [-0.2, -0.15) is 0 Å². The van der Waals surface area contributed by atoms with Gasteiger partial charge in [-0.1, -0.05) is 24.3 Å². The molecule has 0 bridgehead atoms. The average Bonchev–Trinajstić information content (AvgIpc) is 2.67. The molecule has 6 nitrogen and oxygen atoms in total. The molecule has 1 N–H and O–H groups in total. The van der Waals surface area contributed by atoms with Gasteiger partial charge in [-0.3, -0.25) is 23.5 Å². The molecule has 0 fully saturated rings. The number of hydrogen-bond donors (Lipinski definition) is 1. The van der Waals surface area contributed by atoms with E-state index in [-0.39, 0.29) is 12.2 Å². The summed E-state index contributed by atoms with van der Waals surface area (Å²) in [5.74, 6) is -1.54. The van der Waals surface area contributed by atoms with Crippen LogP contribution in [-0.2, 0) is 17.9 Å². The van der Waals surface area contributed by atoms with Gasteiger partial charge in [0.25, 0.3) is 0 Å². The Kier molecular flexibility index (Phi) is 5.49. The summed E-state index contributed by atoms with van der Waals surface area (Å²) in [6.07, 6.45) is 2.58. The maximum absolute atomic E-state index is 13.6. The molecule has 1 heterocycles. The van der Waals surface area contributed by atoms with Gasteiger partial charge in [-0.05, 0) is 30.7 Å². The molecule has 0 unspecified atom stereocenters. The maximum atomic E-state index is 13.6. The van der Waals surface area contributed by atoms with Crippen molar-refractivity contribution in [2.75, 3.05) is 0 Å². The van der Waals surface area contributed by atoms with Crippen LogP contribution in [-0.4, -0.2) is 15.0 Å². The molecule has 3 rings (SSSR count). The number of carbonyl (C=O) groups excluding carboxylic acids is 1. The summed E-state index contributed by atoms with van der Waals surface area (Å²) in [4.78, 5) is 36.8. The topological polar surface area (TPSA) is 73.1 Å². The van der Waals surface area contributed by atoms with Crippen molar-refractivity contribution in [2.45, 2.75) is 20.0 Å². The highest BCUT2D eigenvalue weighted by Gasteiger charge is 2.12. The van der Waals surface area contributed by atoms with Crippen molar-refractivity contribution in [1.82, 2.24) is 14.5 Å². The van der Waals surface area contributed by atoms with Crippen LogP contribution in [0, 0.1) is 18.6 Å². The average molecular weight is 385 g/mol. The summed E-state index contributed by atoms with van der Waals surface area (Å²) in [6, 6.07) is 9.90. The van der Waals surface area contributed by atoms with Crippen LogP contribution in [0.2, 0.25) is 0 Å². The zero-order valence-electron chi connectivity index (χ0n) is 15.0. The third-order valence-corrected chi connectivity index (χ3v) is 4.24. The molecule has 0 saturated carbocycles. The number of aryl methyl sites for hydroxylation is 1. The molecule has 2 aromatic carbocycles. The molecule has 1 aromatic heterocycles. The van der Waals surface area contributed by atoms with Crippen molar-refractivity contribution in [3.63, 3.8) is 0 Å². The highest BCUT2D eigenvalue weighted by molar-refractivity contribution is 5.75. The smallest absolute Gasteiger partial charge is 0.320 e. The van der Waals surface area contributed by atoms with E-state index in [9.17, 15) is 23.2 Å². The minimum Gasteiger partial charge on any atom is -0.350 e. The molecule has 144 valence electrons. The largest absolute Gasteiger partial charge is 0.350 e. The van der Waals surface area contributed by atoms with E-state index in [2.05, 4.69) is 5.32 Å². The minimum absolute atomic E-state index is 0.0419. The maximum Gasteiger partial charge on any atom is 0.320 e. The minimum atomic E-state index is -0.924. The van der Waals surface area contributed by atoms with Crippen molar-refractivity contribution >= 4 is 5.91 Å². The first kappa shape index (κ1) is 19.2. The normalized spacial score (nSPS) is 10.7. The van der Waals surface area contributed by atoms with E-state index in [1.807, 2.05) is 0 Å². The van der Waals surface area contributed by atoms with Crippen molar-refractivity contribution in [3.8, 4) is 5.69 Å². The summed E-state index contributed by atoms with van der Waals surface area (Å²) in [7, 11) is 0. The van der Waals surface area contributed by atoms with Crippen LogP contribution in [0.5, 0.6) is 0 Å². The lowest BCUT2D eigenvalue weighted by Gasteiger charge is -2.11. The van der Waals surface area contributed by atoms with Gasteiger partial charge < -0.3 is 5.32 Å². The van der Waals surface area contributed by atoms with Crippen LogP contribution in [0.3, 0.4) is 0 Å². The molecule has 0 aliphatic rings. The third-order valence-electron chi connectivity index (χ3n) is 4.24. The van der Waals surface area contributed by atoms with Crippen molar-refractivity contribution < 1.29 is 13.6 Å². The lowest BCUT2D eigenvalue weighted by atomic mass is 10.2. The predicted molar refractivity (Wildman–Crippen MR) is 99.2 cm³/mol. The number of carbonyl (C=O) groups is 1. The van der Waals surface area contributed by atoms with E-state index >= 15 is 0 Å². The lowest BCUT2D eigenvalue weighted by molar-refractivity contribution is -0.121. The van der Waals surface area contributed by atoms with Crippen LogP contribution in [0.1, 0.15) is 11.1 Å². The van der Waals surface area contributed by atoms with Crippen LogP contribution in [0.15, 0.2) is 64.4 Å².